The van der Waals surface area contributed by atoms with E-state index in [1.165, 1.54) is 0 Å². The number of carbonyl (C=O) groups excluding carboxylic acids is 1. The molecule has 1 aliphatic rings. The summed E-state index contributed by atoms with van der Waals surface area (Å²) in [7, 11) is 0. The average Bonchev–Trinajstić information content (AvgIpc) is 2.42. The third-order valence-corrected chi connectivity index (χ3v) is 2.81. The Morgan fingerprint density at radius 2 is 2.27 bits per heavy atom. The number of aliphatic carboxylic acids is 1. The maximum absolute atomic E-state index is 11.4. The SMILES string of the molecule is O=C(O)CC1NC(=O)c2ccc(Br)cc21. The molecule has 0 spiro atoms. The summed E-state index contributed by atoms with van der Waals surface area (Å²) in [6.07, 6.45) is -0.0881. The van der Waals surface area contributed by atoms with Crippen molar-refractivity contribution in [3.8, 4) is 0 Å². The van der Waals surface area contributed by atoms with E-state index in [9.17, 15) is 9.59 Å². The van der Waals surface area contributed by atoms with E-state index in [-0.39, 0.29) is 12.3 Å². The Balaban J connectivity index is 2.39. The van der Waals surface area contributed by atoms with Gasteiger partial charge < -0.3 is 10.4 Å². The molecule has 1 heterocycles. The first-order valence-electron chi connectivity index (χ1n) is 4.40. The molecule has 2 N–H and O–H groups in total. The highest BCUT2D eigenvalue weighted by Gasteiger charge is 2.29. The predicted octanol–water partition coefficient (Wildman–Crippen LogP) is 1.71. The molecule has 0 radical (unpaired) electrons. The molecule has 0 saturated carbocycles. The van der Waals surface area contributed by atoms with Crippen LogP contribution < -0.4 is 5.32 Å². The van der Waals surface area contributed by atoms with Crippen LogP contribution in [-0.2, 0) is 4.79 Å². The fourth-order valence-corrected chi connectivity index (χ4v) is 2.06. The summed E-state index contributed by atoms with van der Waals surface area (Å²) in [5.41, 5.74) is 1.31. The number of carboxylic acid groups (broad SMARTS) is 1. The summed E-state index contributed by atoms with van der Waals surface area (Å²) >= 11 is 3.29. The van der Waals surface area contributed by atoms with Crippen LogP contribution in [-0.4, -0.2) is 17.0 Å². The molecule has 0 aromatic heterocycles. The number of hydrogen-bond donors (Lipinski definition) is 2. The molecular formula is C10H8BrNO3. The first-order valence-corrected chi connectivity index (χ1v) is 5.19. The summed E-state index contributed by atoms with van der Waals surface area (Å²) in [5.74, 6) is -1.13. The molecular weight excluding hydrogens is 262 g/mol. The van der Waals surface area contributed by atoms with Gasteiger partial charge in [-0.2, -0.15) is 0 Å². The van der Waals surface area contributed by atoms with E-state index in [4.69, 9.17) is 5.11 Å². The minimum absolute atomic E-state index is 0.0881. The van der Waals surface area contributed by atoms with Gasteiger partial charge in [0.2, 0.25) is 0 Å². The number of carboxylic acids is 1. The number of fused-ring (bicyclic) bond motifs is 1. The van der Waals surface area contributed by atoms with Crippen molar-refractivity contribution in [3.05, 3.63) is 33.8 Å². The van der Waals surface area contributed by atoms with Crippen molar-refractivity contribution in [2.75, 3.05) is 0 Å². The summed E-state index contributed by atoms with van der Waals surface area (Å²) < 4.78 is 0.841. The summed E-state index contributed by atoms with van der Waals surface area (Å²) in [5, 5.41) is 11.3. The van der Waals surface area contributed by atoms with E-state index >= 15 is 0 Å². The van der Waals surface area contributed by atoms with Crippen LogP contribution in [0.1, 0.15) is 28.4 Å². The van der Waals surface area contributed by atoms with Crippen molar-refractivity contribution in [2.45, 2.75) is 12.5 Å². The highest BCUT2D eigenvalue weighted by molar-refractivity contribution is 9.10. The highest BCUT2D eigenvalue weighted by Crippen LogP contribution is 2.30. The Morgan fingerprint density at radius 1 is 1.53 bits per heavy atom. The van der Waals surface area contributed by atoms with Gasteiger partial charge in [-0.05, 0) is 23.8 Å². The lowest BCUT2D eigenvalue weighted by Crippen LogP contribution is -2.21. The van der Waals surface area contributed by atoms with Gasteiger partial charge in [-0.3, -0.25) is 9.59 Å². The topological polar surface area (TPSA) is 66.4 Å². The Kier molecular flexibility index (Phi) is 2.48. The minimum Gasteiger partial charge on any atom is -0.481 e. The van der Waals surface area contributed by atoms with Crippen LogP contribution in [0.25, 0.3) is 0 Å². The molecule has 1 amide bonds. The molecule has 78 valence electrons. The summed E-state index contributed by atoms with van der Waals surface area (Å²) in [4.78, 5) is 22.0. The van der Waals surface area contributed by atoms with Crippen LogP contribution in [0.3, 0.4) is 0 Å². The van der Waals surface area contributed by atoms with Gasteiger partial charge in [-0.25, -0.2) is 0 Å². The van der Waals surface area contributed by atoms with Gasteiger partial charge >= 0.3 is 5.97 Å². The largest absolute Gasteiger partial charge is 0.481 e. The van der Waals surface area contributed by atoms with Crippen LogP contribution in [0, 0.1) is 0 Å². The van der Waals surface area contributed by atoms with Crippen LogP contribution in [0.5, 0.6) is 0 Å². The first-order chi connectivity index (χ1) is 7.08. The highest BCUT2D eigenvalue weighted by atomic mass is 79.9. The molecule has 1 aliphatic heterocycles. The van der Waals surface area contributed by atoms with Crippen molar-refractivity contribution in [3.63, 3.8) is 0 Å². The van der Waals surface area contributed by atoms with E-state index in [1.54, 1.807) is 18.2 Å². The maximum atomic E-state index is 11.4. The quantitative estimate of drug-likeness (QED) is 0.859. The molecule has 15 heavy (non-hydrogen) atoms. The van der Waals surface area contributed by atoms with Crippen LogP contribution >= 0.6 is 15.9 Å². The zero-order valence-corrected chi connectivity index (χ0v) is 9.24. The number of benzene rings is 1. The molecule has 0 saturated heterocycles. The summed E-state index contributed by atoms with van der Waals surface area (Å²) in [6, 6.07) is 4.82. The molecule has 1 unspecified atom stereocenters. The molecule has 2 rings (SSSR count). The van der Waals surface area contributed by atoms with Gasteiger partial charge in [0.05, 0.1) is 12.5 Å². The zero-order chi connectivity index (χ0) is 11.0. The van der Waals surface area contributed by atoms with Gasteiger partial charge in [-0.15, -0.1) is 0 Å². The molecule has 0 bridgehead atoms. The standard InChI is InChI=1S/C10H8BrNO3/c11-5-1-2-6-7(3-5)8(4-9(13)14)12-10(6)15/h1-3,8H,4H2,(H,12,15)(H,13,14). The Bertz CT molecular complexity index is 442. The third kappa shape index (κ3) is 1.87. The normalized spacial score (nSPS) is 18.5. The third-order valence-electron chi connectivity index (χ3n) is 2.32. The van der Waals surface area contributed by atoms with Gasteiger partial charge in [0, 0.05) is 10.0 Å². The number of hydrogen-bond acceptors (Lipinski definition) is 2. The van der Waals surface area contributed by atoms with Gasteiger partial charge in [0.15, 0.2) is 0 Å². The summed E-state index contributed by atoms with van der Waals surface area (Å²) in [6.45, 7) is 0. The smallest absolute Gasteiger partial charge is 0.305 e. The Labute approximate surface area is 94.4 Å². The zero-order valence-electron chi connectivity index (χ0n) is 7.66. The van der Waals surface area contributed by atoms with E-state index < -0.39 is 12.0 Å². The van der Waals surface area contributed by atoms with Crippen molar-refractivity contribution in [1.82, 2.24) is 5.32 Å². The number of amides is 1. The second-order valence-electron chi connectivity index (χ2n) is 3.36. The monoisotopic (exact) mass is 269 g/mol. The van der Waals surface area contributed by atoms with E-state index in [2.05, 4.69) is 21.2 Å². The van der Waals surface area contributed by atoms with Crippen LogP contribution in [0.15, 0.2) is 22.7 Å². The van der Waals surface area contributed by atoms with E-state index in [0.717, 1.165) is 10.0 Å². The fraction of sp³-hybridized carbons (Fsp3) is 0.200. The van der Waals surface area contributed by atoms with Crippen LogP contribution in [0.2, 0.25) is 0 Å². The van der Waals surface area contributed by atoms with E-state index in [1.807, 2.05) is 0 Å². The number of rotatable bonds is 2. The second kappa shape index (κ2) is 3.66. The number of halogens is 1. The molecule has 1 aromatic carbocycles. The minimum atomic E-state index is -0.923. The molecule has 0 fully saturated rings. The van der Waals surface area contributed by atoms with Gasteiger partial charge in [-0.1, -0.05) is 15.9 Å². The molecule has 4 nitrogen and oxygen atoms in total. The second-order valence-corrected chi connectivity index (χ2v) is 4.27. The average molecular weight is 270 g/mol. The first kappa shape index (κ1) is 10.2. The maximum Gasteiger partial charge on any atom is 0.305 e. The van der Waals surface area contributed by atoms with Gasteiger partial charge in [0.1, 0.15) is 0 Å². The van der Waals surface area contributed by atoms with Crippen LogP contribution in [0.4, 0.5) is 0 Å². The van der Waals surface area contributed by atoms with Crippen molar-refractivity contribution >= 4 is 27.8 Å². The molecule has 5 heteroatoms. The van der Waals surface area contributed by atoms with Crippen molar-refractivity contribution in [1.29, 1.82) is 0 Å². The lowest BCUT2D eigenvalue weighted by Gasteiger charge is -2.08. The Morgan fingerprint density at radius 3 is 2.93 bits per heavy atom. The fourth-order valence-electron chi connectivity index (χ4n) is 1.68. The van der Waals surface area contributed by atoms with Crippen molar-refractivity contribution < 1.29 is 14.7 Å². The van der Waals surface area contributed by atoms with Gasteiger partial charge in [0.25, 0.3) is 5.91 Å². The number of nitrogens with one attached hydrogen (secondary N) is 1. The van der Waals surface area contributed by atoms with Crippen molar-refractivity contribution in [2.24, 2.45) is 0 Å². The van der Waals surface area contributed by atoms with E-state index in [0.29, 0.717) is 5.56 Å². The molecule has 0 aliphatic carbocycles. The predicted molar refractivity (Wildman–Crippen MR) is 56.6 cm³/mol. The number of carbonyl (C=O) groups is 2. The lowest BCUT2D eigenvalue weighted by molar-refractivity contribution is -0.137. The lowest BCUT2D eigenvalue weighted by atomic mass is 10.0. The molecule has 1 atom stereocenters. The molecule has 1 aromatic rings. The Hall–Kier alpha value is -1.36.